The Morgan fingerprint density at radius 3 is 2.04 bits per heavy atom. The van der Waals surface area contributed by atoms with E-state index in [0.717, 1.165) is 16.8 Å². The van der Waals surface area contributed by atoms with E-state index in [4.69, 9.17) is 0 Å². The molecule has 0 aromatic heterocycles. The molecule has 0 fully saturated rings. The summed E-state index contributed by atoms with van der Waals surface area (Å²) in [6.45, 7) is 8.65. The van der Waals surface area contributed by atoms with Crippen molar-refractivity contribution in [2.75, 3.05) is 5.32 Å². The van der Waals surface area contributed by atoms with Crippen LogP contribution < -0.4 is 5.32 Å². The molecule has 1 unspecified atom stereocenters. The van der Waals surface area contributed by atoms with Gasteiger partial charge in [-0.05, 0) is 47.6 Å². The van der Waals surface area contributed by atoms with Crippen LogP contribution in [0, 0.1) is 6.92 Å². The second-order valence-corrected chi connectivity index (χ2v) is 8.47. The van der Waals surface area contributed by atoms with Gasteiger partial charge in [-0.2, -0.15) is 0 Å². The van der Waals surface area contributed by atoms with Crippen molar-refractivity contribution in [1.29, 1.82) is 0 Å². The number of aryl methyl sites for hydroxylation is 1. The summed E-state index contributed by atoms with van der Waals surface area (Å²) in [5, 5.41) is 3.09. The lowest BCUT2D eigenvalue weighted by molar-refractivity contribution is -0.117. The topological polar surface area (TPSA) is 29.1 Å². The third-order valence-electron chi connectivity index (χ3n) is 5.10. The zero-order valence-corrected chi connectivity index (χ0v) is 17.2. The van der Waals surface area contributed by atoms with Gasteiger partial charge >= 0.3 is 0 Å². The molecule has 0 heterocycles. The van der Waals surface area contributed by atoms with Crippen molar-refractivity contribution >= 4 is 11.6 Å². The number of amides is 1. The fourth-order valence-corrected chi connectivity index (χ4v) is 3.29. The Labute approximate surface area is 168 Å². The van der Waals surface area contributed by atoms with Crippen LogP contribution in [0.25, 0.3) is 0 Å². The second kappa shape index (κ2) is 8.43. The van der Waals surface area contributed by atoms with Crippen LogP contribution in [-0.4, -0.2) is 5.91 Å². The van der Waals surface area contributed by atoms with Gasteiger partial charge in [0.15, 0.2) is 0 Å². The van der Waals surface area contributed by atoms with Crippen LogP contribution >= 0.6 is 0 Å². The number of nitrogens with one attached hydrogen (secondary N) is 1. The molecule has 3 rings (SSSR count). The number of rotatable bonds is 5. The van der Waals surface area contributed by atoms with Crippen molar-refractivity contribution in [1.82, 2.24) is 0 Å². The Kier molecular flexibility index (Phi) is 5.99. The minimum absolute atomic E-state index is 0.0243. The molecule has 0 spiro atoms. The molecule has 3 aromatic carbocycles. The summed E-state index contributed by atoms with van der Waals surface area (Å²) in [5.74, 6) is -0.214. The molecular weight excluding hydrogens is 342 g/mol. The highest BCUT2D eigenvalue weighted by Gasteiger charge is 2.22. The third-order valence-corrected chi connectivity index (χ3v) is 5.10. The van der Waals surface area contributed by atoms with Gasteiger partial charge in [-0.15, -0.1) is 0 Å². The summed E-state index contributed by atoms with van der Waals surface area (Å²) in [6.07, 6.45) is 0.674. The molecule has 3 aromatic rings. The van der Waals surface area contributed by atoms with Gasteiger partial charge in [0.1, 0.15) is 0 Å². The fraction of sp³-hybridized carbons (Fsp3) is 0.269. The summed E-state index contributed by atoms with van der Waals surface area (Å²) in [5.41, 5.74) is 5.58. The maximum Gasteiger partial charge on any atom is 0.232 e. The lowest BCUT2D eigenvalue weighted by Crippen LogP contribution is -2.23. The molecule has 0 bridgehead atoms. The first-order valence-corrected chi connectivity index (χ1v) is 9.85. The first-order chi connectivity index (χ1) is 13.3. The van der Waals surface area contributed by atoms with E-state index in [1.165, 1.54) is 11.1 Å². The largest absolute Gasteiger partial charge is 0.326 e. The zero-order chi connectivity index (χ0) is 20.1. The Morgan fingerprint density at radius 1 is 0.857 bits per heavy atom. The Hall–Kier alpha value is -2.87. The van der Waals surface area contributed by atoms with Gasteiger partial charge in [-0.1, -0.05) is 93.1 Å². The maximum atomic E-state index is 13.2. The molecule has 144 valence electrons. The SMILES string of the molecule is Cc1ccc(NC(=O)C(Cc2ccccc2)c2ccc(C(C)(C)C)cc2)cc1. The number of carbonyl (C=O) groups is 1. The van der Waals surface area contributed by atoms with Crippen molar-refractivity contribution in [2.24, 2.45) is 0 Å². The first-order valence-electron chi connectivity index (χ1n) is 9.85. The average molecular weight is 372 g/mol. The summed E-state index contributed by atoms with van der Waals surface area (Å²) in [7, 11) is 0. The van der Waals surface area contributed by atoms with Crippen molar-refractivity contribution in [2.45, 2.75) is 45.4 Å². The van der Waals surface area contributed by atoms with E-state index in [1.807, 2.05) is 49.4 Å². The monoisotopic (exact) mass is 371 g/mol. The molecule has 1 atom stereocenters. The van der Waals surface area contributed by atoms with E-state index in [2.05, 4.69) is 62.5 Å². The van der Waals surface area contributed by atoms with Crippen LogP contribution in [0.5, 0.6) is 0 Å². The van der Waals surface area contributed by atoms with E-state index in [9.17, 15) is 4.79 Å². The quantitative estimate of drug-likeness (QED) is 0.563. The molecule has 0 saturated heterocycles. The van der Waals surface area contributed by atoms with Crippen LogP contribution in [0.2, 0.25) is 0 Å². The van der Waals surface area contributed by atoms with Crippen molar-refractivity contribution in [3.8, 4) is 0 Å². The van der Waals surface area contributed by atoms with Crippen LogP contribution in [0.3, 0.4) is 0 Å². The first kappa shape index (κ1) is 19.9. The van der Waals surface area contributed by atoms with Crippen molar-refractivity contribution < 1.29 is 4.79 Å². The summed E-state index contributed by atoms with van der Waals surface area (Å²) >= 11 is 0. The molecule has 0 radical (unpaired) electrons. The predicted octanol–water partition coefficient (Wildman–Crippen LogP) is 6.26. The lowest BCUT2D eigenvalue weighted by Gasteiger charge is -2.22. The molecule has 0 saturated carbocycles. The highest BCUT2D eigenvalue weighted by atomic mass is 16.1. The average Bonchev–Trinajstić information content (AvgIpc) is 2.68. The van der Waals surface area contributed by atoms with Crippen molar-refractivity contribution in [3.63, 3.8) is 0 Å². The Morgan fingerprint density at radius 2 is 1.46 bits per heavy atom. The molecular formula is C26H29NO. The van der Waals surface area contributed by atoms with Gasteiger partial charge in [-0.3, -0.25) is 4.79 Å². The molecule has 0 aliphatic heterocycles. The zero-order valence-electron chi connectivity index (χ0n) is 17.2. The van der Waals surface area contributed by atoms with Gasteiger partial charge < -0.3 is 5.32 Å². The second-order valence-electron chi connectivity index (χ2n) is 8.47. The smallest absolute Gasteiger partial charge is 0.232 e. The molecule has 2 heteroatoms. The van der Waals surface area contributed by atoms with Gasteiger partial charge in [0.2, 0.25) is 5.91 Å². The van der Waals surface area contributed by atoms with Crippen molar-refractivity contribution in [3.05, 3.63) is 101 Å². The van der Waals surface area contributed by atoms with Crippen LogP contribution in [0.15, 0.2) is 78.9 Å². The van der Waals surface area contributed by atoms with E-state index in [0.29, 0.717) is 6.42 Å². The number of benzene rings is 3. The molecule has 28 heavy (non-hydrogen) atoms. The Bertz CT molecular complexity index is 903. The normalized spacial score (nSPS) is 12.4. The number of anilines is 1. The molecule has 0 aliphatic rings. The highest BCUT2D eigenvalue weighted by Crippen LogP contribution is 2.27. The van der Waals surface area contributed by atoms with Gasteiger partial charge in [0.25, 0.3) is 0 Å². The Balaban J connectivity index is 1.88. The summed E-state index contributed by atoms with van der Waals surface area (Å²) in [4.78, 5) is 13.2. The van der Waals surface area contributed by atoms with Crippen LogP contribution in [-0.2, 0) is 16.6 Å². The van der Waals surface area contributed by atoms with Gasteiger partial charge in [-0.25, -0.2) is 0 Å². The van der Waals surface area contributed by atoms with Gasteiger partial charge in [0.05, 0.1) is 5.92 Å². The molecule has 2 nitrogen and oxygen atoms in total. The molecule has 0 aliphatic carbocycles. The van der Waals surface area contributed by atoms with E-state index in [-0.39, 0.29) is 17.2 Å². The summed E-state index contributed by atoms with van der Waals surface area (Å²) in [6, 6.07) is 26.6. The maximum absolute atomic E-state index is 13.2. The summed E-state index contributed by atoms with van der Waals surface area (Å²) < 4.78 is 0. The standard InChI is InChI=1S/C26H29NO/c1-19-10-16-23(17-11-19)27-25(28)24(18-20-8-6-5-7-9-20)21-12-14-22(15-13-21)26(2,3)4/h5-17,24H,18H2,1-4H3,(H,27,28). The minimum Gasteiger partial charge on any atom is -0.326 e. The van der Waals surface area contributed by atoms with E-state index >= 15 is 0 Å². The number of hydrogen-bond donors (Lipinski definition) is 1. The number of carbonyl (C=O) groups excluding carboxylic acids is 1. The van der Waals surface area contributed by atoms with E-state index in [1.54, 1.807) is 0 Å². The van der Waals surface area contributed by atoms with Crippen LogP contribution in [0.4, 0.5) is 5.69 Å². The number of hydrogen-bond acceptors (Lipinski definition) is 1. The van der Waals surface area contributed by atoms with Gasteiger partial charge in [0, 0.05) is 5.69 Å². The third kappa shape index (κ3) is 5.10. The molecule has 1 N–H and O–H groups in total. The highest BCUT2D eigenvalue weighted by molar-refractivity contribution is 5.96. The lowest BCUT2D eigenvalue weighted by atomic mass is 9.84. The van der Waals surface area contributed by atoms with Crippen LogP contribution in [0.1, 0.15) is 48.9 Å². The fourth-order valence-electron chi connectivity index (χ4n) is 3.29. The minimum atomic E-state index is -0.238. The molecule has 1 amide bonds. The van der Waals surface area contributed by atoms with E-state index < -0.39 is 0 Å². The predicted molar refractivity (Wildman–Crippen MR) is 118 cm³/mol.